The summed E-state index contributed by atoms with van der Waals surface area (Å²) >= 11 is 1.33. The zero-order valence-electron chi connectivity index (χ0n) is 13.3. The van der Waals surface area contributed by atoms with E-state index in [1.54, 1.807) is 12.1 Å². The largest absolute Gasteiger partial charge is 0.573 e. The number of benzene rings is 2. The second-order valence-electron chi connectivity index (χ2n) is 5.56. The summed E-state index contributed by atoms with van der Waals surface area (Å²) in [5.74, 6) is -0.190. The third-order valence-electron chi connectivity index (χ3n) is 3.75. The number of hydrogen-bond donors (Lipinski definition) is 1. The van der Waals surface area contributed by atoms with Crippen molar-refractivity contribution in [1.82, 2.24) is 5.32 Å². The number of para-hydroxylation sites is 1. The van der Waals surface area contributed by atoms with Crippen LogP contribution in [-0.4, -0.2) is 32.2 Å². The molecule has 2 atom stereocenters. The molecule has 2 aromatic rings. The van der Waals surface area contributed by atoms with Crippen LogP contribution in [0.25, 0.3) is 0 Å². The van der Waals surface area contributed by atoms with E-state index < -0.39 is 6.36 Å². The molecule has 0 bridgehead atoms. The highest BCUT2D eigenvalue weighted by Gasteiger charge is 2.33. The minimum Gasteiger partial charge on any atom is -0.405 e. The van der Waals surface area contributed by atoms with Crippen molar-refractivity contribution in [3.05, 3.63) is 60.2 Å². The Balaban J connectivity index is 1.88. The fourth-order valence-corrected chi connectivity index (χ4v) is 3.95. The highest BCUT2D eigenvalue weighted by atomic mass is 32.2. The van der Waals surface area contributed by atoms with E-state index in [-0.39, 0.29) is 17.1 Å². The molecular weight excluding hydrogens is 351 g/mol. The van der Waals surface area contributed by atoms with Crippen LogP contribution in [0.15, 0.2) is 59.5 Å². The molecular formula is C18H18F3NO2S. The van der Waals surface area contributed by atoms with Gasteiger partial charge in [-0.2, -0.15) is 0 Å². The van der Waals surface area contributed by atoms with Crippen LogP contribution in [0.5, 0.6) is 5.75 Å². The summed E-state index contributed by atoms with van der Waals surface area (Å²) in [6.45, 7) is 2.00. The Bertz CT molecular complexity index is 676. The number of rotatable bonds is 5. The van der Waals surface area contributed by atoms with Gasteiger partial charge >= 0.3 is 6.36 Å². The maximum atomic E-state index is 12.7. The smallest absolute Gasteiger partial charge is 0.405 e. The van der Waals surface area contributed by atoms with Gasteiger partial charge in [-0.05, 0) is 17.7 Å². The molecule has 1 fully saturated rings. The Kier molecular flexibility index (Phi) is 5.88. The Labute approximate surface area is 148 Å². The molecule has 1 aliphatic heterocycles. The maximum Gasteiger partial charge on any atom is 0.573 e. The molecule has 3 rings (SSSR count). The van der Waals surface area contributed by atoms with Gasteiger partial charge in [0.15, 0.2) is 0 Å². The van der Waals surface area contributed by atoms with Gasteiger partial charge in [-0.1, -0.05) is 42.5 Å². The number of nitrogens with one attached hydrogen (secondary N) is 1. The zero-order chi connectivity index (χ0) is 17.7. The third-order valence-corrected chi connectivity index (χ3v) is 5.17. The summed E-state index contributed by atoms with van der Waals surface area (Å²) < 4.78 is 48.1. The number of ether oxygens (including phenoxy) is 2. The first-order valence-corrected chi connectivity index (χ1v) is 8.79. The fourth-order valence-electron chi connectivity index (χ4n) is 2.67. The summed E-state index contributed by atoms with van der Waals surface area (Å²) in [6.07, 6.45) is -4.86. The lowest BCUT2D eigenvalue weighted by molar-refractivity contribution is -0.275. The zero-order valence-corrected chi connectivity index (χ0v) is 14.1. The lowest BCUT2D eigenvalue weighted by Crippen LogP contribution is -2.41. The second-order valence-corrected chi connectivity index (χ2v) is 6.74. The number of morpholine rings is 1. The molecule has 0 radical (unpaired) electrons. The van der Waals surface area contributed by atoms with Crippen molar-refractivity contribution in [2.45, 2.75) is 22.6 Å². The highest BCUT2D eigenvalue weighted by molar-refractivity contribution is 7.99. The molecule has 1 aliphatic rings. The van der Waals surface area contributed by atoms with E-state index in [9.17, 15) is 13.2 Å². The van der Waals surface area contributed by atoms with Gasteiger partial charge in [0.25, 0.3) is 0 Å². The van der Waals surface area contributed by atoms with Crippen LogP contribution in [-0.2, 0) is 4.74 Å². The summed E-state index contributed by atoms with van der Waals surface area (Å²) in [4.78, 5) is 0.433. The van der Waals surface area contributed by atoms with E-state index in [1.807, 2.05) is 30.3 Å². The Morgan fingerprint density at radius 2 is 1.80 bits per heavy atom. The minimum atomic E-state index is -4.72. The normalized spacial score (nSPS) is 19.4. The van der Waals surface area contributed by atoms with Gasteiger partial charge in [-0.25, -0.2) is 0 Å². The van der Waals surface area contributed by atoms with Gasteiger partial charge in [-0.15, -0.1) is 24.9 Å². The van der Waals surface area contributed by atoms with Crippen LogP contribution < -0.4 is 10.1 Å². The molecule has 1 saturated heterocycles. The van der Waals surface area contributed by atoms with Crippen LogP contribution in [0, 0.1) is 0 Å². The molecule has 1 heterocycles. The van der Waals surface area contributed by atoms with Crippen LogP contribution >= 0.6 is 11.8 Å². The number of thioether (sulfide) groups is 1. The van der Waals surface area contributed by atoms with Crippen LogP contribution in [0.3, 0.4) is 0 Å². The predicted octanol–water partition coefficient (Wildman–Crippen LogP) is 4.41. The van der Waals surface area contributed by atoms with Crippen molar-refractivity contribution in [3.8, 4) is 5.75 Å². The average Bonchev–Trinajstić information content (AvgIpc) is 2.61. The molecule has 0 unspecified atom stereocenters. The Morgan fingerprint density at radius 3 is 2.48 bits per heavy atom. The van der Waals surface area contributed by atoms with Crippen molar-refractivity contribution in [1.29, 1.82) is 0 Å². The summed E-state index contributed by atoms with van der Waals surface area (Å²) in [5, 5.41) is 3.13. The van der Waals surface area contributed by atoms with Gasteiger partial charge in [-0.3, -0.25) is 0 Å². The standard InChI is InChI=1S/C18H18F3NO2S/c19-18(20,21)24-14-8-4-5-9-16(14)25-17(13-6-2-1-3-7-13)15-12-22-10-11-23-15/h1-9,15,17,22H,10-12H2/t15-,17+/m0/s1. The topological polar surface area (TPSA) is 30.5 Å². The molecule has 0 saturated carbocycles. The van der Waals surface area contributed by atoms with E-state index in [0.717, 1.165) is 12.1 Å². The summed E-state index contributed by atoms with van der Waals surface area (Å²) in [5.41, 5.74) is 1.00. The first kappa shape index (κ1) is 18.1. The second kappa shape index (κ2) is 8.12. The third kappa shape index (κ3) is 5.14. The Hall–Kier alpha value is -1.70. The fraction of sp³-hybridized carbons (Fsp3) is 0.333. The molecule has 1 N–H and O–H groups in total. The molecule has 2 aromatic carbocycles. The Morgan fingerprint density at radius 1 is 1.08 bits per heavy atom. The van der Waals surface area contributed by atoms with E-state index in [4.69, 9.17) is 4.74 Å². The van der Waals surface area contributed by atoms with Gasteiger partial charge in [0.2, 0.25) is 0 Å². The van der Waals surface area contributed by atoms with Crippen LogP contribution in [0.4, 0.5) is 13.2 Å². The van der Waals surface area contributed by atoms with Gasteiger partial charge in [0, 0.05) is 13.1 Å². The number of alkyl halides is 3. The van der Waals surface area contributed by atoms with Gasteiger partial charge in [0.05, 0.1) is 22.9 Å². The average molecular weight is 369 g/mol. The van der Waals surface area contributed by atoms with E-state index in [1.165, 1.54) is 23.9 Å². The first-order valence-electron chi connectivity index (χ1n) is 7.91. The summed E-state index contributed by atoms with van der Waals surface area (Å²) in [7, 11) is 0. The van der Waals surface area contributed by atoms with E-state index in [2.05, 4.69) is 10.1 Å². The van der Waals surface area contributed by atoms with E-state index in [0.29, 0.717) is 18.0 Å². The van der Waals surface area contributed by atoms with Gasteiger partial charge < -0.3 is 14.8 Å². The van der Waals surface area contributed by atoms with Crippen molar-refractivity contribution >= 4 is 11.8 Å². The number of hydrogen-bond acceptors (Lipinski definition) is 4. The van der Waals surface area contributed by atoms with Crippen LogP contribution in [0.1, 0.15) is 10.8 Å². The molecule has 0 aromatic heterocycles. The molecule has 3 nitrogen and oxygen atoms in total. The van der Waals surface area contributed by atoms with Crippen molar-refractivity contribution < 1.29 is 22.6 Å². The quantitative estimate of drug-likeness (QED) is 0.791. The molecule has 0 amide bonds. The monoisotopic (exact) mass is 369 g/mol. The SMILES string of the molecule is FC(F)(F)Oc1ccccc1S[C@H](c1ccccc1)[C@@H]1CNCCO1. The molecule has 25 heavy (non-hydrogen) atoms. The highest BCUT2D eigenvalue weighted by Crippen LogP contribution is 2.43. The van der Waals surface area contributed by atoms with Crippen molar-refractivity contribution in [2.24, 2.45) is 0 Å². The van der Waals surface area contributed by atoms with Crippen LogP contribution in [0.2, 0.25) is 0 Å². The lowest BCUT2D eigenvalue weighted by Gasteiger charge is -2.31. The first-order chi connectivity index (χ1) is 12.0. The van der Waals surface area contributed by atoms with E-state index >= 15 is 0 Å². The lowest BCUT2D eigenvalue weighted by atomic mass is 10.1. The molecule has 0 aliphatic carbocycles. The van der Waals surface area contributed by atoms with Crippen molar-refractivity contribution in [2.75, 3.05) is 19.7 Å². The predicted molar refractivity (Wildman–Crippen MR) is 90.8 cm³/mol. The molecule has 134 valence electrons. The molecule has 7 heteroatoms. The number of halogens is 3. The minimum absolute atomic E-state index is 0.139. The maximum absolute atomic E-state index is 12.7. The molecule has 0 spiro atoms. The van der Waals surface area contributed by atoms with Gasteiger partial charge in [0.1, 0.15) is 5.75 Å². The van der Waals surface area contributed by atoms with Crippen molar-refractivity contribution in [3.63, 3.8) is 0 Å². The summed E-state index contributed by atoms with van der Waals surface area (Å²) in [6, 6.07) is 15.9.